The van der Waals surface area contributed by atoms with E-state index in [1.165, 1.54) is 16.5 Å². The molecule has 0 radical (unpaired) electrons. The molecule has 0 saturated heterocycles. The molecule has 0 aliphatic carbocycles. The maximum absolute atomic E-state index is 5.43. The third-order valence-electron chi connectivity index (χ3n) is 3.76. The zero-order valence-electron chi connectivity index (χ0n) is 12.3. The van der Waals surface area contributed by atoms with Crippen molar-refractivity contribution in [3.63, 3.8) is 0 Å². The molecule has 2 N–H and O–H groups in total. The third-order valence-corrected chi connectivity index (χ3v) is 3.76. The van der Waals surface area contributed by atoms with E-state index in [-0.39, 0.29) is 0 Å². The van der Waals surface area contributed by atoms with Crippen LogP contribution in [0.25, 0.3) is 10.8 Å². The highest BCUT2D eigenvalue weighted by atomic mass is 16.5. The Morgan fingerprint density at radius 1 is 1.05 bits per heavy atom. The first-order valence-corrected chi connectivity index (χ1v) is 7.04. The molecule has 21 heavy (non-hydrogen) atoms. The minimum absolute atomic E-state index is 0.808. The smallest absolute Gasteiger partial charge is 0.126 e. The van der Waals surface area contributed by atoms with Crippen LogP contribution in [-0.4, -0.2) is 17.3 Å². The van der Waals surface area contributed by atoms with Crippen LogP contribution in [0.15, 0.2) is 42.6 Å². The Kier molecular flexibility index (Phi) is 3.88. The molecule has 0 atom stereocenters. The number of nitrogens with zero attached hydrogens (tertiary/aromatic N) is 1. The average molecular weight is 281 g/mol. The van der Waals surface area contributed by atoms with Crippen LogP contribution in [0.1, 0.15) is 16.8 Å². The summed E-state index contributed by atoms with van der Waals surface area (Å²) < 4.78 is 5.43. The van der Waals surface area contributed by atoms with Crippen molar-refractivity contribution in [1.29, 1.82) is 0 Å². The van der Waals surface area contributed by atoms with Crippen molar-refractivity contribution in [1.82, 2.24) is 15.5 Å². The molecule has 0 bridgehead atoms. The molecule has 0 fully saturated rings. The number of nitrogens with one attached hydrogen (secondary N) is 2. The van der Waals surface area contributed by atoms with Gasteiger partial charge in [-0.2, -0.15) is 5.10 Å². The van der Waals surface area contributed by atoms with Gasteiger partial charge in [-0.1, -0.05) is 30.3 Å². The van der Waals surface area contributed by atoms with Crippen molar-refractivity contribution in [2.75, 3.05) is 7.11 Å². The molecule has 0 aliphatic rings. The van der Waals surface area contributed by atoms with E-state index in [2.05, 4.69) is 39.8 Å². The second-order valence-electron chi connectivity index (χ2n) is 5.10. The van der Waals surface area contributed by atoms with Crippen LogP contribution in [0.5, 0.6) is 5.75 Å². The second-order valence-corrected chi connectivity index (χ2v) is 5.10. The van der Waals surface area contributed by atoms with Gasteiger partial charge in [-0.05, 0) is 23.9 Å². The summed E-state index contributed by atoms with van der Waals surface area (Å²) in [5.41, 5.74) is 3.59. The quantitative estimate of drug-likeness (QED) is 0.755. The Bertz CT molecular complexity index is 749. The Balaban J connectivity index is 1.80. The van der Waals surface area contributed by atoms with Gasteiger partial charge in [0.25, 0.3) is 0 Å². The van der Waals surface area contributed by atoms with Crippen LogP contribution < -0.4 is 10.1 Å². The highest BCUT2D eigenvalue weighted by Crippen LogP contribution is 2.28. The zero-order valence-corrected chi connectivity index (χ0v) is 12.3. The fraction of sp³-hybridized carbons (Fsp3) is 0.235. The van der Waals surface area contributed by atoms with Crippen molar-refractivity contribution in [2.24, 2.45) is 0 Å². The maximum atomic E-state index is 5.43. The summed E-state index contributed by atoms with van der Waals surface area (Å²) in [7, 11) is 1.71. The van der Waals surface area contributed by atoms with E-state index in [4.69, 9.17) is 4.74 Å². The predicted octanol–water partition coefficient (Wildman–Crippen LogP) is 3.17. The third kappa shape index (κ3) is 2.76. The Labute approximate surface area is 124 Å². The van der Waals surface area contributed by atoms with Crippen molar-refractivity contribution < 1.29 is 4.74 Å². The topological polar surface area (TPSA) is 49.9 Å². The van der Waals surface area contributed by atoms with Crippen LogP contribution in [-0.2, 0) is 13.1 Å². The molecular weight excluding hydrogens is 262 g/mol. The Morgan fingerprint density at radius 3 is 2.52 bits per heavy atom. The summed E-state index contributed by atoms with van der Waals surface area (Å²) in [6.45, 7) is 3.66. The largest absolute Gasteiger partial charge is 0.496 e. The fourth-order valence-corrected chi connectivity index (χ4v) is 2.55. The molecule has 4 heteroatoms. The van der Waals surface area contributed by atoms with Gasteiger partial charge in [0.05, 0.1) is 13.3 Å². The molecule has 0 spiro atoms. The molecule has 0 aliphatic heterocycles. The first-order chi connectivity index (χ1) is 10.3. The lowest BCUT2D eigenvalue weighted by Gasteiger charge is -2.11. The number of aromatic amines is 1. The van der Waals surface area contributed by atoms with Gasteiger partial charge in [-0.3, -0.25) is 5.10 Å². The average Bonchev–Trinajstić information content (AvgIpc) is 2.93. The highest BCUT2D eigenvalue weighted by molar-refractivity contribution is 5.91. The van der Waals surface area contributed by atoms with Gasteiger partial charge >= 0.3 is 0 Å². The van der Waals surface area contributed by atoms with E-state index >= 15 is 0 Å². The summed E-state index contributed by atoms with van der Waals surface area (Å²) in [6, 6.07) is 12.5. The van der Waals surface area contributed by atoms with Crippen molar-refractivity contribution in [3.8, 4) is 5.75 Å². The predicted molar refractivity (Wildman–Crippen MR) is 84.4 cm³/mol. The number of methoxy groups -OCH3 is 1. The molecule has 1 heterocycles. The number of ether oxygens (including phenoxy) is 1. The van der Waals surface area contributed by atoms with Crippen LogP contribution >= 0.6 is 0 Å². The van der Waals surface area contributed by atoms with E-state index in [1.807, 2.05) is 25.3 Å². The lowest BCUT2D eigenvalue weighted by atomic mass is 10.0. The van der Waals surface area contributed by atoms with Crippen molar-refractivity contribution >= 4 is 10.8 Å². The summed E-state index contributed by atoms with van der Waals surface area (Å²) in [5.74, 6) is 0.917. The van der Waals surface area contributed by atoms with Crippen molar-refractivity contribution in [2.45, 2.75) is 20.0 Å². The molecule has 4 nitrogen and oxygen atoms in total. The minimum atomic E-state index is 0.808. The SMILES string of the molecule is COc1ccc(CNCc2cn[nH]c2C)c2ccccc12. The first kappa shape index (κ1) is 13.6. The van der Waals surface area contributed by atoms with Crippen LogP contribution in [0.4, 0.5) is 0 Å². The van der Waals surface area contributed by atoms with Gasteiger partial charge in [0.15, 0.2) is 0 Å². The lowest BCUT2D eigenvalue weighted by molar-refractivity contribution is 0.419. The first-order valence-electron chi connectivity index (χ1n) is 7.04. The lowest BCUT2D eigenvalue weighted by Crippen LogP contribution is -2.13. The molecule has 0 saturated carbocycles. The number of hydrogen-bond acceptors (Lipinski definition) is 3. The summed E-state index contributed by atoms with van der Waals surface area (Å²) in [6.07, 6.45) is 1.87. The van der Waals surface area contributed by atoms with E-state index in [9.17, 15) is 0 Å². The van der Waals surface area contributed by atoms with Gasteiger partial charge in [0.1, 0.15) is 5.75 Å². The number of fused-ring (bicyclic) bond motifs is 1. The van der Waals surface area contributed by atoms with E-state index in [1.54, 1.807) is 7.11 Å². The van der Waals surface area contributed by atoms with Crippen LogP contribution in [0.3, 0.4) is 0 Å². The van der Waals surface area contributed by atoms with Gasteiger partial charge in [0.2, 0.25) is 0 Å². The normalized spacial score (nSPS) is 11.0. The van der Waals surface area contributed by atoms with Gasteiger partial charge < -0.3 is 10.1 Å². The molecule has 2 aromatic carbocycles. The number of aryl methyl sites for hydroxylation is 1. The van der Waals surface area contributed by atoms with E-state index in [0.717, 1.165) is 29.9 Å². The summed E-state index contributed by atoms with van der Waals surface area (Å²) >= 11 is 0. The molecule has 0 amide bonds. The Hall–Kier alpha value is -2.33. The van der Waals surface area contributed by atoms with E-state index in [0.29, 0.717) is 0 Å². The molecular formula is C17H19N3O. The van der Waals surface area contributed by atoms with Crippen LogP contribution in [0, 0.1) is 6.92 Å². The monoisotopic (exact) mass is 281 g/mol. The van der Waals surface area contributed by atoms with E-state index < -0.39 is 0 Å². The number of H-pyrrole nitrogens is 1. The minimum Gasteiger partial charge on any atom is -0.496 e. The molecule has 108 valence electrons. The molecule has 1 aromatic heterocycles. The molecule has 3 aromatic rings. The van der Waals surface area contributed by atoms with Crippen molar-refractivity contribution in [3.05, 3.63) is 59.4 Å². The van der Waals surface area contributed by atoms with Gasteiger partial charge in [-0.15, -0.1) is 0 Å². The summed E-state index contributed by atoms with van der Waals surface area (Å²) in [4.78, 5) is 0. The number of benzene rings is 2. The number of hydrogen-bond donors (Lipinski definition) is 2. The summed E-state index contributed by atoms with van der Waals surface area (Å²) in [5, 5.41) is 12.8. The second kappa shape index (κ2) is 5.97. The fourth-order valence-electron chi connectivity index (χ4n) is 2.55. The maximum Gasteiger partial charge on any atom is 0.126 e. The standard InChI is InChI=1S/C17H19N3O/c1-12-14(11-19-20-12)10-18-9-13-7-8-17(21-2)16-6-4-3-5-15(13)16/h3-8,11,18H,9-10H2,1-2H3,(H,19,20). The zero-order chi connectivity index (χ0) is 14.7. The number of aromatic nitrogens is 2. The Morgan fingerprint density at radius 2 is 1.81 bits per heavy atom. The van der Waals surface area contributed by atoms with Gasteiger partial charge in [-0.25, -0.2) is 0 Å². The van der Waals surface area contributed by atoms with Gasteiger partial charge in [0, 0.05) is 29.7 Å². The highest BCUT2D eigenvalue weighted by Gasteiger charge is 2.06. The molecule has 0 unspecified atom stereocenters. The van der Waals surface area contributed by atoms with Crippen LogP contribution in [0.2, 0.25) is 0 Å². The molecule has 3 rings (SSSR count). The number of rotatable bonds is 5.